The van der Waals surface area contributed by atoms with Gasteiger partial charge in [0.2, 0.25) is 0 Å². The third kappa shape index (κ3) is 2.59. The Morgan fingerprint density at radius 3 is 2.89 bits per heavy atom. The van der Waals surface area contributed by atoms with Crippen LogP contribution in [0.2, 0.25) is 0 Å². The molecule has 0 amide bonds. The van der Waals surface area contributed by atoms with Crippen molar-refractivity contribution >= 4 is 10.9 Å². The Morgan fingerprint density at radius 2 is 2.06 bits per heavy atom. The number of nitrogens with zero attached hydrogens (tertiary/aromatic N) is 1. The van der Waals surface area contributed by atoms with E-state index in [0.29, 0.717) is 0 Å². The van der Waals surface area contributed by atoms with Gasteiger partial charge in [-0.25, -0.2) is 0 Å². The van der Waals surface area contributed by atoms with Gasteiger partial charge in [-0.15, -0.1) is 0 Å². The lowest BCUT2D eigenvalue weighted by atomic mass is 10.2. The van der Waals surface area contributed by atoms with E-state index in [0.717, 1.165) is 12.6 Å². The minimum Gasteiger partial charge on any atom is -0.347 e. The number of rotatable bonds is 6. The van der Waals surface area contributed by atoms with Gasteiger partial charge >= 0.3 is 0 Å². The Kier molecular flexibility index (Phi) is 3.37. The fraction of sp³-hybridized carbons (Fsp3) is 0.500. The molecule has 0 aliphatic heterocycles. The fourth-order valence-electron chi connectivity index (χ4n) is 2.62. The van der Waals surface area contributed by atoms with Crippen molar-refractivity contribution in [3.05, 3.63) is 36.0 Å². The lowest BCUT2D eigenvalue weighted by Gasteiger charge is -2.06. The van der Waals surface area contributed by atoms with E-state index >= 15 is 0 Å². The molecular weight excluding hydrogens is 220 g/mol. The van der Waals surface area contributed by atoms with Gasteiger partial charge in [0.05, 0.1) is 0 Å². The average Bonchev–Trinajstić information content (AvgIpc) is 3.16. The number of aryl methyl sites for hydroxylation is 2. The molecule has 1 aliphatic carbocycles. The van der Waals surface area contributed by atoms with E-state index in [1.165, 1.54) is 48.7 Å². The molecule has 0 bridgehead atoms. The van der Waals surface area contributed by atoms with Crippen LogP contribution in [0.4, 0.5) is 0 Å². The molecule has 0 radical (unpaired) electrons. The normalized spacial score (nSPS) is 15.4. The molecule has 0 unspecified atom stereocenters. The van der Waals surface area contributed by atoms with Crippen LogP contribution in [-0.4, -0.2) is 17.2 Å². The molecule has 2 heteroatoms. The summed E-state index contributed by atoms with van der Waals surface area (Å²) in [5.74, 6) is 0. The van der Waals surface area contributed by atoms with Crippen LogP contribution in [-0.2, 0) is 6.54 Å². The summed E-state index contributed by atoms with van der Waals surface area (Å²) in [5, 5.41) is 4.97. The highest BCUT2D eigenvalue weighted by Gasteiger charge is 2.19. The van der Waals surface area contributed by atoms with Crippen molar-refractivity contribution in [2.75, 3.05) is 6.54 Å². The summed E-state index contributed by atoms with van der Waals surface area (Å²) in [6.45, 7) is 4.52. The van der Waals surface area contributed by atoms with E-state index in [1.807, 2.05) is 0 Å². The van der Waals surface area contributed by atoms with Crippen LogP contribution in [0.15, 0.2) is 30.5 Å². The predicted octanol–water partition coefficient (Wildman–Crippen LogP) is 3.48. The molecule has 1 N–H and O–H groups in total. The highest BCUT2D eigenvalue weighted by molar-refractivity contribution is 5.83. The van der Waals surface area contributed by atoms with Crippen molar-refractivity contribution in [1.29, 1.82) is 0 Å². The lowest BCUT2D eigenvalue weighted by Crippen LogP contribution is -2.17. The maximum Gasteiger partial charge on any atom is 0.0483 e. The van der Waals surface area contributed by atoms with Gasteiger partial charge in [0.25, 0.3) is 0 Å². The largest absolute Gasteiger partial charge is 0.347 e. The van der Waals surface area contributed by atoms with Crippen molar-refractivity contribution < 1.29 is 0 Å². The van der Waals surface area contributed by atoms with Gasteiger partial charge in [0.1, 0.15) is 0 Å². The average molecular weight is 242 g/mol. The van der Waals surface area contributed by atoms with E-state index in [2.05, 4.69) is 47.3 Å². The number of aromatic nitrogens is 1. The minimum atomic E-state index is 0.847. The summed E-state index contributed by atoms with van der Waals surface area (Å²) >= 11 is 0. The van der Waals surface area contributed by atoms with Crippen LogP contribution in [0.1, 0.15) is 31.2 Å². The van der Waals surface area contributed by atoms with Gasteiger partial charge in [-0.1, -0.05) is 18.2 Å². The molecule has 1 aliphatic rings. The van der Waals surface area contributed by atoms with Gasteiger partial charge in [-0.2, -0.15) is 0 Å². The molecule has 1 fully saturated rings. The second-order valence-corrected chi connectivity index (χ2v) is 5.46. The van der Waals surface area contributed by atoms with Gasteiger partial charge < -0.3 is 9.88 Å². The SMILES string of the molecule is Cc1cn(CCCCNC2CC2)c2ccccc12. The van der Waals surface area contributed by atoms with Crippen molar-refractivity contribution in [3.8, 4) is 0 Å². The molecule has 0 saturated heterocycles. The van der Waals surface area contributed by atoms with E-state index in [9.17, 15) is 0 Å². The van der Waals surface area contributed by atoms with Crippen molar-refractivity contribution in [1.82, 2.24) is 9.88 Å². The van der Waals surface area contributed by atoms with E-state index in [1.54, 1.807) is 0 Å². The number of unbranched alkanes of at least 4 members (excludes halogenated alkanes) is 1. The maximum atomic E-state index is 3.58. The van der Waals surface area contributed by atoms with Gasteiger partial charge in [0.15, 0.2) is 0 Å². The van der Waals surface area contributed by atoms with Crippen molar-refractivity contribution in [3.63, 3.8) is 0 Å². The van der Waals surface area contributed by atoms with Crippen LogP contribution in [0.25, 0.3) is 10.9 Å². The molecule has 1 aromatic carbocycles. The molecule has 1 saturated carbocycles. The van der Waals surface area contributed by atoms with Crippen LogP contribution in [0, 0.1) is 6.92 Å². The van der Waals surface area contributed by atoms with Gasteiger partial charge in [-0.3, -0.25) is 0 Å². The number of para-hydroxylation sites is 1. The van der Waals surface area contributed by atoms with Crippen LogP contribution < -0.4 is 5.32 Å². The number of fused-ring (bicyclic) bond motifs is 1. The van der Waals surface area contributed by atoms with Gasteiger partial charge in [0, 0.05) is 29.7 Å². The van der Waals surface area contributed by atoms with Crippen molar-refractivity contribution in [2.24, 2.45) is 0 Å². The Bertz CT molecular complexity index is 523. The molecule has 0 spiro atoms. The Balaban J connectivity index is 1.56. The molecule has 0 atom stereocenters. The molecule has 3 rings (SSSR count). The Labute approximate surface area is 109 Å². The predicted molar refractivity (Wildman–Crippen MR) is 76.9 cm³/mol. The Hall–Kier alpha value is -1.28. The summed E-state index contributed by atoms with van der Waals surface area (Å²) in [4.78, 5) is 0. The molecule has 18 heavy (non-hydrogen) atoms. The number of hydrogen-bond acceptors (Lipinski definition) is 1. The zero-order valence-corrected chi connectivity index (χ0v) is 11.2. The third-order valence-corrected chi connectivity index (χ3v) is 3.82. The third-order valence-electron chi connectivity index (χ3n) is 3.82. The van der Waals surface area contributed by atoms with E-state index in [4.69, 9.17) is 0 Å². The standard InChI is InChI=1S/C16H22N2/c1-13-12-18(16-7-3-2-6-15(13)16)11-5-4-10-17-14-8-9-14/h2-3,6-7,12,14,17H,4-5,8-11H2,1H3. The van der Waals surface area contributed by atoms with Crippen LogP contribution >= 0.6 is 0 Å². The number of benzene rings is 1. The topological polar surface area (TPSA) is 17.0 Å². The summed E-state index contributed by atoms with van der Waals surface area (Å²) in [5.41, 5.74) is 2.77. The first kappa shape index (κ1) is 11.8. The summed E-state index contributed by atoms with van der Waals surface area (Å²) in [6.07, 6.45) is 7.61. The maximum absolute atomic E-state index is 3.58. The summed E-state index contributed by atoms with van der Waals surface area (Å²) in [7, 11) is 0. The van der Waals surface area contributed by atoms with Crippen LogP contribution in [0.3, 0.4) is 0 Å². The van der Waals surface area contributed by atoms with Gasteiger partial charge in [-0.05, 0) is 50.8 Å². The zero-order chi connectivity index (χ0) is 12.4. The number of nitrogens with one attached hydrogen (secondary N) is 1. The second-order valence-electron chi connectivity index (χ2n) is 5.46. The minimum absolute atomic E-state index is 0.847. The molecule has 1 aromatic heterocycles. The first-order valence-electron chi connectivity index (χ1n) is 7.12. The summed E-state index contributed by atoms with van der Waals surface area (Å²) < 4.78 is 2.40. The number of hydrogen-bond donors (Lipinski definition) is 1. The second kappa shape index (κ2) is 5.15. The highest BCUT2D eigenvalue weighted by atomic mass is 15.0. The van der Waals surface area contributed by atoms with Crippen molar-refractivity contribution in [2.45, 2.75) is 45.2 Å². The fourth-order valence-corrected chi connectivity index (χ4v) is 2.62. The molecule has 96 valence electrons. The quantitative estimate of drug-likeness (QED) is 0.767. The highest BCUT2D eigenvalue weighted by Crippen LogP contribution is 2.21. The lowest BCUT2D eigenvalue weighted by molar-refractivity contribution is 0.574. The summed E-state index contributed by atoms with van der Waals surface area (Å²) in [6, 6.07) is 9.55. The Morgan fingerprint density at radius 1 is 1.22 bits per heavy atom. The molecule has 1 heterocycles. The smallest absolute Gasteiger partial charge is 0.0483 e. The molecular formula is C16H22N2. The monoisotopic (exact) mass is 242 g/mol. The van der Waals surface area contributed by atoms with E-state index < -0.39 is 0 Å². The first-order valence-corrected chi connectivity index (χ1v) is 7.12. The van der Waals surface area contributed by atoms with Crippen LogP contribution in [0.5, 0.6) is 0 Å². The zero-order valence-electron chi connectivity index (χ0n) is 11.2. The van der Waals surface area contributed by atoms with E-state index in [-0.39, 0.29) is 0 Å². The first-order chi connectivity index (χ1) is 8.84. The molecule has 2 nitrogen and oxygen atoms in total. The molecule has 2 aromatic rings.